The van der Waals surface area contributed by atoms with Gasteiger partial charge in [0.2, 0.25) is 0 Å². The minimum absolute atomic E-state index is 0.683. The average Bonchev–Trinajstić information content (AvgIpc) is 2.94. The van der Waals surface area contributed by atoms with Crippen LogP contribution in [0.3, 0.4) is 0 Å². The van der Waals surface area contributed by atoms with Gasteiger partial charge in [0.15, 0.2) is 0 Å². The maximum Gasteiger partial charge on any atom is 0.0991 e. The Labute approximate surface area is 122 Å². The summed E-state index contributed by atoms with van der Waals surface area (Å²) in [6, 6.07) is 24.5. The maximum absolute atomic E-state index is 8.91. The standard InChI is InChI=1S/C19H12N2/c20-12-13-8-10-14(11-9-13)15-5-3-6-17-16-4-1-2-7-18(16)21-19(15)17/h1-11,21H. The Balaban J connectivity index is 2.02. The second-order valence-electron chi connectivity index (χ2n) is 5.09. The first-order valence-electron chi connectivity index (χ1n) is 6.87. The molecule has 0 saturated heterocycles. The fraction of sp³-hybridized carbons (Fsp3) is 0. The number of nitriles is 1. The van der Waals surface area contributed by atoms with E-state index in [0.717, 1.165) is 22.2 Å². The van der Waals surface area contributed by atoms with Gasteiger partial charge in [-0.15, -0.1) is 0 Å². The number of nitrogens with zero attached hydrogens (tertiary/aromatic N) is 1. The van der Waals surface area contributed by atoms with Crippen LogP contribution in [0.5, 0.6) is 0 Å². The van der Waals surface area contributed by atoms with E-state index in [2.05, 4.69) is 47.5 Å². The van der Waals surface area contributed by atoms with Gasteiger partial charge >= 0.3 is 0 Å². The minimum Gasteiger partial charge on any atom is -0.354 e. The van der Waals surface area contributed by atoms with Crippen molar-refractivity contribution < 1.29 is 0 Å². The highest BCUT2D eigenvalue weighted by Crippen LogP contribution is 2.32. The number of hydrogen-bond donors (Lipinski definition) is 1. The molecule has 4 aromatic rings. The van der Waals surface area contributed by atoms with Crippen LogP contribution in [0, 0.1) is 11.3 Å². The third kappa shape index (κ3) is 1.79. The molecule has 1 aromatic heterocycles. The van der Waals surface area contributed by atoms with Crippen LogP contribution in [0.4, 0.5) is 0 Å². The van der Waals surface area contributed by atoms with Crippen molar-refractivity contribution in [3.05, 3.63) is 72.3 Å². The first-order valence-corrected chi connectivity index (χ1v) is 6.87. The van der Waals surface area contributed by atoms with E-state index in [1.807, 2.05) is 30.3 Å². The topological polar surface area (TPSA) is 39.6 Å². The monoisotopic (exact) mass is 268 g/mol. The Morgan fingerprint density at radius 1 is 0.762 bits per heavy atom. The number of aromatic nitrogens is 1. The highest BCUT2D eigenvalue weighted by molar-refractivity contribution is 6.11. The molecule has 0 fully saturated rings. The number of hydrogen-bond acceptors (Lipinski definition) is 1. The highest BCUT2D eigenvalue weighted by atomic mass is 14.7. The summed E-state index contributed by atoms with van der Waals surface area (Å²) in [6.07, 6.45) is 0. The van der Waals surface area contributed by atoms with Gasteiger partial charge in [-0.05, 0) is 23.8 Å². The summed E-state index contributed by atoms with van der Waals surface area (Å²) < 4.78 is 0. The molecule has 98 valence electrons. The number of aromatic amines is 1. The summed E-state index contributed by atoms with van der Waals surface area (Å²) in [5, 5.41) is 11.4. The average molecular weight is 268 g/mol. The van der Waals surface area contributed by atoms with Crippen LogP contribution in [-0.2, 0) is 0 Å². The molecule has 0 amide bonds. The smallest absolute Gasteiger partial charge is 0.0991 e. The first kappa shape index (κ1) is 11.7. The third-order valence-electron chi connectivity index (χ3n) is 3.87. The number of H-pyrrole nitrogens is 1. The van der Waals surface area contributed by atoms with E-state index in [4.69, 9.17) is 5.26 Å². The van der Waals surface area contributed by atoms with Crippen molar-refractivity contribution in [2.75, 3.05) is 0 Å². The van der Waals surface area contributed by atoms with Gasteiger partial charge < -0.3 is 4.98 Å². The van der Waals surface area contributed by atoms with E-state index in [-0.39, 0.29) is 0 Å². The molecular formula is C19H12N2. The van der Waals surface area contributed by atoms with E-state index in [0.29, 0.717) is 5.56 Å². The molecule has 0 bridgehead atoms. The van der Waals surface area contributed by atoms with E-state index in [1.54, 1.807) is 0 Å². The summed E-state index contributed by atoms with van der Waals surface area (Å²) in [5.41, 5.74) is 5.25. The third-order valence-corrected chi connectivity index (χ3v) is 3.87. The Morgan fingerprint density at radius 3 is 2.33 bits per heavy atom. The van der Waals surface area contributed by atoms with E-state index < -0.39 is 0 Å². The lowest BCUT2D eigenvalue weighted by molar-refractivity contribution is 1.48. The van der Waals surface area contributed by atoms with Crippen molar-refractivity contribution in [3.63, 3.8) is 0 Å². The van der Waals surface area contributed by atoms with E-state index in [1.165, 1.54) is 10.8 Å². The summed E-state index contributed by atoms with van der Waals surface area (Å²) in [4.78, 5) is 3.51. The predicted molar refractivity (Wildman–Crippen MR) is 86.0 cm³/mol. The number of nitrogens with one attached hydrogen (secondary N) is 1. The summed E-state index contributed by atoms with van der Waals surface area (Å²) in [6.45, 7) is 0. The molecule has 2 heteroatoms. The number of rotatable bonds is 1. The lowest BCUT2D eigenvalue weighted by atomic mass is 10.0. The van der Waals surface area contributed by atoms with Crippen LogP contribution < -0.4 is 0 Å². The first-order chi connectivity index (χ1) is 10.4. The predicted octanol–water partition coefficient (Wildman–Crippen LogP) is 4.86. The van der Waals surface area contributed by atoms with Crippen LogP contribution in [0.2, 0.25) is 0 Å². The van der Waals surface area contributed by atoms with Crippen LogP contribution in [0.25, 0.3) is 32.9 Å². The molecule has 0 saturated carbocycles. The van der Waals surface area contributed by atoms with Gasteiger partial charge in [-0.1, -0.05) is 48.5 Å². The molecule has 3 aromatic carbocycles. The van der Waals surface area contributed by atoms with Gasteiger partial charge in [0.1, 0.15) is 0 Å². The molecular weight excluding hydrogens is 256 g/mol. The van der Waals surface area contributed by atoms with Crippen LogP contribution >= 0.6 is 0 Å². The number of benzene rings is 3. The van der Waals surface area contributed by atoms with Gasteiger partial charge in [0, 0.05) is 21.9 Å². The Hall–Kier alpha value is -3.05. The van der Waals surface area contributed by atoms with Gasteiger partial charge in [0.25, 0.3) is 0 Å². The van der Waals surface area contributed by atoms with Crippen molar-refractivity contribution in [2.45, 2.75) is 0 Å². The van der Waals surface area contributed by atoms with E-state index >= 15 is 0 Å². The zero-order valence-electron chi connectivity index (χ0n) is 11.3. The molecule has 0 radical (unpaired) electrons. The Morgan fingerprint density at radius 2 is 1.52 bits per heavy atom. The van der Waals surface area contributed by atoms with Crippen LogP contribution in [0.1, 0.15) is 5.56 Å². The lowest BCUT2D eigenvalue weighted by Crippen LogP contribution is -1.81. The number of para-hydroxylation sites is 2. The fourth-order valence-electron chi connectivity index (χ4n) is 2.84. The second kappa shape index (κ2) is 4.50. The van der Waals surface area contributed by atoms with Gasteiger partial charge in [-0.25, -0.2) is 0 Å². The fourth-order valence-corrected chi connectivity index (χ4v) is 2.84. The van der Waals surface area contributed by atoms with Gasteiger partial charge in [-0.3, -0.25) is 0 Å². The molecule has 1 N–H and O–H groups in total. The van der Waals surface area contributed by atoms with Crippen LogP contribution in [0.15, 0.2) is 66.7 Å². The van der Waals surface area contributed by atoms with Crippen molar-refractivity contribution in [1.82, 2.24) is 4.98 Å². The quantitative estimate of drug-likeness (QED) is 0.526. The molecule has 0 aliphatic rings. The van der Waals surface area contributed by atoms with Crippen LogP contribution in [-0.4, -0.2) is 4.98 Å². The van der Waals surface area contributed by atoms with Gasteiger partial charge in [0.05, 0.1) is 17.1 Å². The number of fused-ring (bicyclic) bond motifs is 3. The summed E-state index contributed by atoms with van der Waals surface area (Å²) in [5.74, 6) is 0. The Kier molecular flexibility index (Phi) is 2.52. The van der Waals surface area contributed by atoms with Crippen molar-refractivity contribution in [1.29, 1.82) is 5.26 Å². The highest BCUT2D eigenvalue weighted by Gasteiger charge is 2.08. The molecule has 4 rings (SSSR count). The van der Waals surface area contributed by atoms with E-state index in [9.17, 15) is 0 Å². The van der Waals surface area contributed by atoms with Crippen molar-refractivity contribution >= 4 is 21.8 Å². The zero-order valence-corrected chi connectivity index (χ0v) is 11.3. The van der Waals surface area contributed by atoms with Gasteiger partial charge in [-0.2, -0.15) is 5.26 Å². The SMILES string of the molecule is N#Cc1ccc(-c2cccc3c2[nH]c2ccccc23)cc1. The van der Waals surface area contributed by atoms with Crippen molar-refractivity contribution in [2.24, 2.45) is 0 Å². The molecule has 0 spiro atoms. The largest absolute Gasteiger partial charge is 0.354 e. The lowest BCUT2D eigenvalue weighted by Gasteiger charge is -2.03. The molecule has 1 heterocycles. The summed E-state index contributed by atoms with van der Waals surface area (Å²) in [7, 11) is 0. The zero-order chi connectivity index (χ0) is 14.2. The summed E-state index contributed by atoms with van der Waals surface area (Å²) >= 11 is 0. The van der Waals surface area contributed by atoms with Crippen molar-refractivity contribution in [3.8, 4) is 17.2 Å². The Bertz CT molecular complexity index is 986. The maximum atomic E-state index is 8.91. The molecule has 21 heavy (non-hydrogen) atoms. The second-order valence-corrected chi connectivity index (χ2v) is 5.09. The molecule has 0 aliphatic heterocycles. The normalized spacial score (nSPS) is 10.8. The molecule has 0 aliphatic carbocycles. The molecule has 0 unspecified atom stereocenters. The molecule has 2 nitrogen and oxygen atoms in total. The molecule has 0 atom stereocenters. The minimum atomic E-state index is 0.683.